The second kappa shape index (κ2) is 5.63. The second-order valence-electron chi connectivity index (χ2n) is 4.55. The molecule has 1 aromatic heterocycles. The molecule has 0 aliphatic carbocycles. The molecule has 0 spiro atoms. The molecule has 0 saturated carbocycles. The van der Waals surface area contributed by atoms with Gasteiger partial charge in [0.25, 0.3) is 0 Å². The average molecular weight is 270 g/mol. The smallest absolute Gasteiger partial charge is 0.329 e. The molecule has 1 heterocycles. The van der Waals surface area contributed by atoms with E-state index in [9.17, 15) is 9.59 Å². The third-order valence-corrected chi connectivity index (χ3v) is 2.85. The number of aliphatic carboxylic acids is 1. The van der Waals surface area contributed by atoms with Crippen molar-refractivity contribution in [1.82, 2.24) is 30.8 Å². The van der Waals surface area contributed by atoms with E-state index in [0.29, 0.717) is 5.82 Å². The number of nitrogens with one attached hydrogen (secondary N) is 2. The van der Waals surface area contributed by atoms with Gasteiger partial charge >= 0.3 is 12.0 Å². The lowest BCUT2D eigenvalue weighted by atomic mass is 10.0. The Hall–Kier alpha value is -2.19. The van der Waals surface area contributed by atoms with Crippen molar-refractivity contribution in [3.8, 4) is 0 Å². The summed E-state index contributed by atoms with van der Waals surface area (Å²) in [5, 5.41) is 25.0. The van der Waals surface area contributed by atoms with E-state index >= 15 is 0 Å². The number of carboxylic acid groups (broad SMARTS) is 1. The van der Waals surface area contributed by atoms with Crippen LogP contribution in [-0.4, -0.2) is 54.7 Å². The van der Waals surface area contributed by atoms with Gasteiger partial charge in [0.15, 0.2) is 5.82 Å². The Balaban J connectivity index is 2.78. The summed E-state index contributed by atoms with van der Waals surface area (Å²) in [6.07, 6.45) is 0. The fourth-order valence-corrected chi connectivity index (χ4v) is 1.59. The molecular formula is C10H18N6O3. The Morgan fingerprint density at radius 3 is 2.58 bits per heavy atom. The molecule has 9 heteroatoms. The standard InChI is InChI=1S/C10H18N6O3/c1-5-16(10(3,4)8(17)18)9(19)11-6(2)7-12-14-15-13-7/h6H,5H2,1-4H3,(H,11,19)(H,17,18)(H,12,13,14,15). The summed E-state index contributed by atoms with van der Waals surface area (Å²) in [5.74, 6) is -0.741. The minimum Gasteiger partial charge on any atom is -0.480 e. The molecule has 1 rings (SSSR count). The van der Waals surface area contributed by atoms with Crippen molar-refractivity contribution < 1.29 is 14.7 Å². The van der Waals surface area contributed by atoms with Crippen molar-refractivity contribution in [1.29, 1.82) is 0 Å². The number of nitrogens with zero attached hydrogens (tertiary/aromatic N) is 4. The van der Waals surface area contributed by atoms with E-state index in [1.165, 1.54) is 18.7 Å². The van der Waals surface area contributed by atoms with E-state index < -0.39 is 23.6 Å². The van der Waals surface area contributed by atoms with Crippen molar-refractivity contribution >= 4 is 12.0 Å². The monoisotopic (exact) mass is 270 g/mol. The molecule has 0 bridgehead atoms. The van der Waals surface area contributed by atoms with Gasteiger partial charge in [-0.05, 0) is 27.7 Å². The number of hydrogen-bond donors (Lipinski definition) is 3. The van der Waals surface area contributed by atoms with Crippen LogP contribution in [0.25, 0.3) is 0 Å². The van der Waals surface area contributed by atoms with Gasteiger partial charge in [0.1, 0.15) is 5.54 Å². The van der Waals surface area contributed by atoms with Crippen LogP contribution < -0.4 is 5.32 Å². The summed E-state index contributed by atoms with van der Waals surface area (Å²) in [7, 11) is 0. The molecule has 9 nitrogen and oxygen atoms in total. The van der Waals surface area contributed by atoms with Gasteiger partial charge in [-0.1, -0.05) is 5.21 Å². The number of rotatable bonds is 5. The zero-order chi connectivity index (χ0) is 14.6. The third-order valence-electron chi connectivity index (χ3n) is 2.85. The molecule has 0 aliphatic rings. The van der Waals surface area contributed by atoms with Crippen molar-refractivity contribution in [3.05, 3.63) is 5.82 Å². The first-order valence-corrected chi connectivity index (χ1v) is 5.85. The minimum absolute atomic E-state index is 0.268. The number of urea groups is 1. The predicted octanol–water partition coefficient (Wildman–Crippen LogP) is 0.155. The van der Waals surface area contributed by atoms with E-state index in [-0.39, 0.29) is 6.54 Å². The molecule has 19 heavy (non-hydrogen) atoms. The molecule has 0 radical (unpaired) electrons. The number of tetrazole rings is 1. The van der Waals surface area contributed by atoms with Crippen LogP contribution in [0.4, 0.5) is 4.79 Å². The van der Waals surface area contributed by atoms with E-state index in [1.807, 2.05) is 0 Å². The Kier molecular flexibility index (Phi) is 4.41. The number of carboxylic acids is 1. The summed E-state index contributed by atoms with van der Waals surface area (Å²) < 4.78 is 0. The molecule has 0 fully saturated rings. The lowest BCUT2D eigenvalue weighted by Crippen LogP contribution is -2.56. The highest BCUT2D eigenvalue weighted by atomic mass is 16.4. The molecular weight excluding hydrogens is 252 g/mol. The van der Waals surface area contributed by atoms with Crippen molar-refractivity contribution in [2.75, 3.05) is 6.54 Å². The highest BCUT2D eigenvalue weighted by molar-refractivity contribution is 5.85. The second-order valence-corrected chi connectivity index (χ2v) is 4.55. The number of hydrogen-bond acceptors (Lipinski definition) is 5. The average Bonchev–Trinajstić information content (AvgIpc) is 2.82. The third kappa shape index (κ3) is 3.18. The first-order chi connectivity index (χ1) is 8.80. The number of carbonyl (C=O) groups is 2. The molecule has 106 valence electrons. The van der Waals surface area contributed by atoms with Crippen LogP contribution in [0.15, 0.2) is 0 Å². The first-order valence-electron chi connectivity index (χ1n) is 5.85. The lowest BCUT2D eigenvalue weighted by Gasteiger charge is -2.34. The minimum atomic E-state index is -1.30. The van der Waals surface area contributed by atoms with Crippen LogP contribution in [0, 0.1) is 0 Å². The number of aromatic nitrogens is 4. The summed E-state index contributed by atoms with van der Waals surface area (Å²) >= 11 is 0. The van der Waals surface area contributed by atoms with Crippen LogP contribution >= 0.6 is 0 Å². The van der Waals surface area contributed by atoms with Gasteiger partial charge in [-0.15, -0.1) is 10.2 Å². The zero-order valence-corrected chi connectivity index (χ0v) is 11.3. The fraction of sp³-hybridized carbons (Fsp3) is 0.700. The lowest BCUT2D eigenvalue weighted by molar-refractivity contribution is -0.147. The first kappa shape index (κ1) is 14.9. The maximum absolute atomic E-state index is 12.1. The van der Waals surface area contributed by atoms with Crippen molar-refractivity contribution in [3.63, 3.8) is 0 Å². The van der Waals surface area contributed by atoms with Crippen LogP contribution in [0.2, 0.25) is 0 Å². The fourth-order valence-electron chi connectivity index (χ4n) is 1.59. The number of carbonyl (C=O) groups excluding carboxylic acids is 1. The Morgan fingerprint density at radius 1 is 1.53 bits per heavy atom. The number of aromatic amines is 1. The molecule has 0 saturated heterocycles. The molecule has 1 atom stereocenters. The topological polar surface area (TPSA) is 124 Å². The number of likely N-dealkylation sites (N-methyl/N-ethyl adjacent to an activating group) is 1. The van der Waals surface area contributed by atoms with Crippen LogP contribution in [0.5, 0.6) is 0 Å². The Morgan fingerprint density at radius 2 is 2.16 bits per heavy atom. The van der Waals surface area contributed by atoms with E-state index in [4.69, 9.17) is 5.11 Å². The number of amides is 2. The van der Waals surface area contributed by atoms with Gasteiger partial charge in [0.2, 0.25) is 0 Å². The van der Waals surface area contributed by atoms with Crippen molar-refractivity contribution in [2.45, 2.75) is 39.3 Å². The Bertz CT molecular complexity index is 444. The summed E-state index contributed by atoms with van der Waals surface area (Å²) in [5.41, 5.74) is -1.30. The molecule has 1 aromatic rings. The molecule has 0 aliphatic heterocycles. The van der Waals surface area contributed by atoms with Crippen LogP contribution in [-0.2, 0) is 4.79 Å². The van der Waals surface area contributed by atoms with Crippen molar-refractivity contribution in [2.24, 2.45) is 0 Å². The van der Waals surface area contributed by atoms with Gasteiger partial charge in [0.05, 0.1) is 6.04 Å². The highest BCUT2D eigenvalue weighted by Crippen LogP contribution is 2.16. The Labute approximate surface area is 110 Å². The highest BCUT2D eigenvalue weighted by Gasteiger charge is 2.37. The maximum atomic E-state index is 12.1. The summed E-state index contributed by atoms with van der Waals surface area (Å²) in [6, 6.07) is -0.961. The largest absolute Gasteiger partial charge is 0.480 e. The normalized spacial score (nSPS) is 12.8. The summed E-state index contributed by atoms with van der Waals surface area (Å²) in [4.78, 5) is 24.5. The van der Waals surface area contributed by atoms with Crippen LogP contribution in [0.1, 0.15) is 39.6 Å². The van der Waals surface area contributed by atoms with Gasteiger partial charge in [-0.25, -0.2) is 9.59 Å². The van der Waals surface area contributed by atoms with E-state index in [2.05, 4.69) is 25.9 Å². The maximum Gasteiger partial charge on any atom is 0.329 e. The molecule has 2 amide bonds. The SMILES string of the molecule is CCN(C(=O)NC(C)c1nn[nH]n1)C(C)(C)C(=O)O. The molecule has 0 aromatic carbocycles. The summed E-state index contributed by atoms with van der Waals surface area (Å²) in [6.45, 7) is 6.60. The van der Waals surface area contributed by atoms with Crippen LogP contribution in [0.3, 0.4) is 0 Å². The zero-order valence-electron chi connectivity index (χ0n) is 11.3. The van der Waals surface area contributed by atoms with E-state index in [1.54, 1.807) is 13.8 Å². The molecule has 1 unspecified atom stereocenters. The predicted molar refractivity (Wildman–Crippen MR) is 65.2 cm³/mol. The van der Waals surface area contributed by atoms with Gasteiger partial charge in [-0.2, -0.15) is 5.21 Å². The van der Waals surface area contributed by atoms with Gasteiger partial charge in [0, 0.05) is 6.54 Å². The van der Waals surface area contributed by atoms with Gasteiger partial charge in [-0.3, -0.25) is 0 Å². The quantitative estimate of drug-likeness (QED) is 0.699. The molecule has 3 N–H and O–H groups in total. The number of H-pyrrole nitrogens is 1. The van der Waals surface area contributed by atoms with E-state index in [0.717, 1.165) is 0 Å². The van der Waals surface area contributed by atoms with Gasteiger partial charge < -0.3 is 15.3 Å².